The standard InChI is InChI=1S/C19H29NO2S/c1-14(18(21)20-12-13-23-19(2,3)4)22-17-11-7-9-15-8-5-6-10-16(15)17/h7,9,11,14H,5-6,8,10,12-13H2,1-4H3,(H,20,21)/t14-/m1/s1. The lowest BCUT2D eigenvalue weighted by atomic mass is 9.91. The molecule has 1 aliphatic rings. The molecular weight excluding hydrogens is 306 g/mol. The van der Waals surface area contributed by atoms with E-state index in [1.165, 1.54) is 24.0 Å². The summed E-state index contributed by atoms with van der Waals surface area (Å²) in [6, 6.07) is 6.20. The van der Waals surface area contributed by atoms with Gasteiger partial charge in [0.25, 0.3) is 5.91 Å². The molecule has 0 radical (unpaired) electrons. The summed E-state index contributed by atoms with van der Waals surface area (Å²) in [5, 5.41) is 2.97. The van der Waals surface area contributed by atoms with E-state index in [1.54, 1.807) is 0 Å². The number of rotatable bonds is 6. The quantitative estimate of drug-likeness (QED) is 0.799. The molecule has 0 saturated heterocycles. The predicted octanol–water partition coefficient (Wildman–Crippen LogP) is 3.98. The second-order valence-electron chi connectivity index (χ2n) is 7.11. The monoisotopic (exact) mass is 335 g/mol. The molecule has 0 fully saturated rings. The van der Waals surface area contributed by atoms with Gasteiger partial charge in [0.05, 0.1) is 0 Å². The molecule has 0 saturated carbocycles. The number of carbonyl (C=O) groups excluding carboxylic acids is 1. The van der Waals surface area contributed by atoms with Crippen molar-refractivity contribution < 1.29 is 9.53 Å². The molecule has 1 N–H and O–H groups in total. The van der Waals surface area contributed by atoms with Crippen LogP contribution in [0, 0.1) is 0 Å². The van der Waals surface area contributed by atoms with Crippen LogP contribution in [0.4, 0.5) is 0 Å². The zero-order chi connectivity index (χ0) is 16.9. The molecule has 3 nitrogen and oxygen atoms in total. The number of fused-ring (bicyclic) bond motifs is 1. The molecule has 1 atom stereocenters. The van der Waals surface area contributed by atoms with E-state index in [4.69, 9.17) is 4.74 Å². The third-order valence-electron chi connectivity index (χ3n) is 3.96. The molecule has 1 aliphatic carbocycles. The van der Waals surface area contributed by atoms with Crippen molar-refractivity contribution in [2.45, 2.75) is 64.2 Å². The van der Waals surface area contributed by atoms with Gasteiger partial charge in [0.15, 0.2) is 6.10 Å². The summed E-state index contributed by atoms with van der Waals surface area (Å²) >= 11 is 1.85. The van der Waals surface area contributed by atoms with Crippen LogP contribution in [0.3, 0.4) is 0 Å². The van der Waals surface area contributed by atoms with Crippen LogP contribution < -0.4 is 10.1 Å². The van der Waals surface area contributed by atoms with Crippen molar-refractivity contribution in [3.63, 3.8) is 0 Å². The topological polar surface area (TPSA) is 38.3 Å². The van der Waals surface area contributed by atoms with E-state index in [1.807, 2.05) is 30.8 Å². The summed E-state index contributed by atoms with van der Waals surface area (Å²) < 4.78 is 6.19. The van der Waals surface area contributed by atoms with Crippen molar-refractivity contribution in [3.8, 4) is 5.75 Å². The summed E-state index contributed by atoms with van der Waals surface area (Å²) in [7, 11) is 0. The molecular formula is C19H29NO2S. The van der Waals surface area contributed by atoms with E-state index in [0.29, 0.717) is 6.54 Å². The predicted molar refractivity (Wildman–Crippen MR) is 98.4 cm³/mol. The number of benzene rings is 1. The second kappa shape index (κ2) is 8.09. The van der Waals surface area contributed by atoms with Crippen LogP contribution in [0.15, 0.2) is 18.2 Å². The zero-order valence-corrected chi connectivity index (χ0v) is 15.6. The molecule has 0 heterocycles. The first kappa shape index (κ1) is 18.2. The number of carbonyl (C=O) groups is 1. The fourth-order valence-electron chi connectivity index (χ4n) is 2.78. The lowest BCUT2D eigenvalue weighted by Gasteiger charge is -2.22. The van der Waals surface area contributed by atoms with E-state index in [0.717, 1.165) is 24.3 Å². The van der Waals surface area contributed by atoms with E-state index in [2.05, 4.69) is 32.2 Å². The molecule has 2 rings (SSSR count). The molecule has 128 valence electrons. The Balaban J connectivity index is 1.84. The van der Waals surface area contributed by atoms with E-state index in [9.17, 15) is 4.79 Å². The molecule has 1 amide bonds. The molecule has 1 aromatic carbocycles. The number of nitrogens with one attached hydrogen (secondary N) is 1. The largest absolute Gasteiger partial charge is 0.481 e. The highest BCUT2D eigenvalue weighted by atomic mass is 32.2. The zero-order valence-electron chi connectivity index (χ0n) is 14.8. The summed E-state index contributed by atoms with van der Waals surface area (Å²) in [5.41, 5.74) is 2.67. The summed E-state index contributed by atoms with van der Waals surface area (Å²) in [4.78, 5) is 12.2. The highest BCUT2D eigenvalue weighted by molar-refractivity contribution is 8.00. The van der Waals surface area contributed by atoms with Gasteiger partial charge in [-0.25, -0.2) is 0 Å². The second-order valence-corrected chi connectivity index (χ2v) is 9.03. The molecule has 0 unspecified atom stereocenters. The third kappa shape index (κ3) is 5.76. The van der Waals surface area contributed by atoms with Crippen molar-refractivity contribution in [2.24, 2.45) is 0 Å². The van der Waals surface area contributed by atoms with Crippen molar-refractivity contribution >= 4 is 17.7 Å². The Hall–Kier alpha value is -1.16. The van der Waals surface area contributed by atoms with E-state index >= 15 is 0 Å². The van der Waals surface area contributed by atoms with Crippen molar-refractivity contribution in [1.82, 2.24) is 5.32 Å². The average Bonchev–Trinajstić information content (AvgIpc) is 2.50. The maximum atomic E-state index is 12.2. The van der Waals surface area contributed by atoms with Gasteiger partial charge < -0.3 is 10.1 Å². The minimum Gasteiger partial charge on any atom is -0.481 e. The lowest BCUT2D eigenvalue weighted by molar-refractivity contribution is -0.127. The van der Waals surface area contributed by atoms with Crippen LogP contribution in [0.25, 0.3) is 0 Å². The van der Waals surface area contributed by atoms with Crippen LogP contribution in [-0.2, 0) is 17.6 Å². The van der Waals surface area contributed by atoms with Gasteiger partial charge in [0, 0.05) is 17.0 Å². The highest BCUT2D eigenvalue weighted by Gasteiger charge is 2.19. The normalized spacial score (nSPS) is 15.7. The molecule has 0 aromatic heterocycles. The summed E-state index contributed by atoms with van der Waals surface area (Å²) in [6.07, 6.45) is 4.18. The Morgan fingerprint density at radius 1 is 1.30 bits per heavy atom. The number of hydrogen-bond acceptors (Lipinski definition) is 3. The van der Waals surface area contributed by atoms with Crippen molar-refractivity contribution in [2.75, 3.05) is 12.3 Å². The maximum Gasteiger partial charge on any atom is 0.260 e. The number of ether oxygens (including phenoxy) is 1. The van der Waals surface area contributed by atoms with Crippen molar-refractivity contribution in [1.29, 1.82) is 0 Å². The molecule has 4 heteroatoms. The molecule has 1 aromatic rings. The van der Waals surface area contributed by atoms with Gasteiger partial charge >= 0.3 is 0 Å². The fourth-order valence-corrected chi connectivity index (χ4v) is 3.59. The Morgan fingerprint density at radius 2 is 2.04 bits per heavy atom. The minimum absolute atomic E-state index is 0.0343. The molecule has 0 spiro atoms. The van der Waals surface area contributed by atoms with E-state index in [-0.39, 0.29) is 10.7 Å². The molecule has 0 bridgehead atoms. The first-order valence-electron chi connectivity index (χ1n) is 8.56. The number of amides is 1. The Kier molecular flexibility index (Phi) is 6.40. The van der Waals surface area contributed by atoms with Crippen LogP contribution in [0.1, 0.15) is 51.7 Å². The smallest absolute Gasteiger partial charge is 0.260 e. The molecule has 0 aliphatic heterocycles. The first-order chi connectivity index (χ1) is 10.9. The van der Waals surface area contributed by atoms with Crippen molar-refractivity contribution in [3.05, 3.63) is 29.3 Å². The van der Waals surface area contributed by atoms with Gasteiger partial charge in [0.1, 0.15) is 5.75 Å². The molecule has 23 heavy (non-hydrogen) atoms. The van der Waals surface area contributed by atoms with Gasteiger partial charge in [-0.3, -0.25) is 4.79 Å². The van der Waals surface area contributed by atoms with Crippen LogP contribution in [0.2, 0.25) is 0 Å². The van der Waals surface area contributed by atoms with Crippen LogP contribution in [-0.4, -0.2) is 29.1 Å². The maximum absolute atomic E-state index is 12.2. The SMILES string of the molecule is C[C@@H](Oc1cccc2c1CCCC2)C(=O)NCCSC(C)(C)C. The Morgan fingerprint density at radius 3 is 2.78 bits per heavy atom. The first-order valence-corrected chi connectivity index (χ1v) is 9.54. The number of aryl methyl sites for hydroxylation is 1. The minimum atomic E-state index is -0.455. The fraction of sp³-hybridized carbons (Fsp3) is 0.632. The number of thioether (sulfide) groups is 1. The summed E-state index contributed by atoms with van der Waals surface area (Å²) in [5.74, 6) is 1.77. The Labute approximate surface area is 144 Å². The van der Waals surface area contributed by atoms with Gasteiger partial charge in [-0.15, -0.1) is 0 Å². The summed E-state index contributed by atoms with van der Waals surface area (Å²) in [6.45, 7) is 9.06. The highest BCUT2D eigenvalue weighted by Crippen LogP contribution is 2.30. The Bertz CT molecular complexity index is 537. The van der Waals surface area contributed by atoms with Gasteiger partial charge in [0.2, 0.25) is 0 Å². The number of hydrogen-bond donors (Lipinski definition) is 1. The third-order valence-corrected chi connectivity index (χ3v) is 5.24. The van der Waals surface area contributed by atoms with Gasteiger partial charge in [-0.05, 0) is 49.8 Å². The average molecular weight is 336 g/mol. The lowest BCUT2D eigenvalue weighted by Crippen LogP contribution is -2.38. The van der Waals surface area contributed by atoms with Crippen LogP contribution in [0.5, 0.6) is 5.75 Å². The van der Waals surface area contributed by atoms with Gasteiger partial charge in [-0.1, -0.05) is 32.9 Å². The van der Waals surface area contributed by atoms with Gasteiger partial charge in [-0.2, -0.15) is 11.8 Å². The van der Waals surface area contributed by atoms with Crippen LogP contribution >= 0.6 is 11.8 Å². The van der Waals surface area contributed by atoms with E-state index < -0.39 is 6.10 Å².